The van der Waals surface area contributed by atoms with Crippen molar-refractivity contribution in [3.05, 3.63) is 0 Å². The first kappa shape index (κ1) is 8.37. The molecule has 3 heteroatoms. The molecule has 0 bridgehead atoms. The van der Waals surface area contributed by atoms with Gasteiger partial charge in [0.25, 0.3) is 0 Å². The van der Waals surface area contributed by atoms with Gasteiger partial charge in [0.15, 0.2) is 0 Å². The zero-order chi connectivity index (χ0) is 7.56. The van der Waals surface area contributed by atoms with Crippen molar-refractivity contribution < 1.29 is 5.11 Å². The van der Waals surface area contributed by atoms with Gasteiger partial charge in [0.2, 0.25) is 0 Å². The lowest BCUT2D eigenvalue weighted by atomic mass is 10.2. The van der Waals surface area contributed by atoms with Crippen LogP contribution in [0, 0.1) is 5.92 Å². The molecular formula is C7H15NOS. The van der Waals surface area contributed by atoms with E-state index in [2.05, 4.69) is 19.2 Å². The second-order valence-electron chi connectivity index (χ2n) is 3.04. The van der Waals surface area contributed by atoms with Crippen LogP contribution in [0.2, 0.25) is 0 Å². The van der Waals surface area contributed by atoms with Crippen LogP contribution in [0.1, 0.15) is 13.8 Å². The molecule has 1 heterocycles. The maximum Gasteiger partial charge on any atom is 0.0593 e. The summed E-state index contributed by atoms with van der Waals surface area (Å²) in [5, 5.41) is 12.7. The van der Waals surface area contributed by atoms with E-state index in [9.17, 15) is 0 Å². The summed E-state index contributed by atoms with van der Waals surface area (Å²) >= 11 is 1.91. The number of nitrogens with one attached hydrogen (secondary N) is 1. The summed E-state index contributed by atoms with van der Waals surface area (Å²) in [4.78, 5) is 0. The number of aliphatic hydroxyl groups excluding tert-OH is 1. The van der Waals surface area contributed by atoms with E-state index in [1.54, 1.807) is 0 Å². The molecule has 2 unspecified atom stereocenters. The van der Waals surface area contributed by atoms with E-state index in [0.29, 0.717) is 17.3 Å². The van der Waals surface area contributed by atoms with Crippen molar-refractivity contribution in [3.8, 4) is 0 Å². The molecule has 0 saturated carbocycles. The summed E-state index contributed by atoms with van der Waals surface area (Å²) in [6.07, 6.45) is 0. The predicted molar refractivity (Wildman–Crippen MR) is 45.1 cm³/mol. The van der Waals surface area contributed by atoms with Crippen LogP contribution in [-0.4, -0.2) is 28.9 Å². The van der Waals surface area contributed by atoms with Gasteiger partial charge >= 0.3 is 0 Å². The Morgan fingerprint density at radius 2 is 2.40 bits per heavy atom. The van der Waals surface area contributed by atoms with Crippen molar-refractivity contribution in [2.45, 2.75) is 25.3 Å². The summed E-state index contributed by atoms with van der Waals surface area (Å²) in [5.41, 5.74) is 0. The molecule has 60 valence electrons. The van der Waals surface area contributed by atoms with Gasteiger partial charge in [-0.3, -0.25) is 5.32 Å². The number of hydrogen-bond donors (Lipinski definition) is 2. The second kappa shape index (κ2) is 3.60. The SMILES string of the molecule is CC(C)C1NC(CO)CS1. The van der Waals surface area contributed by atoms with Crippen LogP contribution in [0.25, 0.3) is 0 Å². The van der Waals surface area contributed by atoms with E-state index in [4.69, 9.17) is 5.11 Å². The first-order chi connectivity index (χ1) is 4.74. The molecule has 10 heavy (non-hydrogen) atoms. The van der Waals surface area contributed by atoms with Gasteiger partial charge in [-0.15, -0.1) is 11.8 Å². The molecule has 0 radical (unpaired) electrons. The van der Waals surface area contributed by atoms with Gasteiger partial charge in [0, 0.05) is 11.8 Å². The van der Waals surface area contributed by atoms with Crippen molar-refractivity contribution >= 4 is 11.8 Å². The molecule has 0 aliphatic carbocycles. The molecule has 0 amide bonds. The van der Waals surface area contributed by atoms with Gasteiger partial charge in [-0.05, 0) is 5.92 Å². The molecule has 2 nitrogen and oxygen atoms in total. The maximum atomic E-state index is 8.79. The van der Waals surface area contributed by atoms with Crippen LogP contribution in [0.5, 0.6) is 0 Å². The molecule has 0 aromatic heterocycles. The van der Waals surface area contributed by atoms with E-state index >= 15 is 0 Å². The standard InChI is InChI=1S/C7H15NOS/c1-5(2)7-8-6(3-9)4-10-7/h5-9H,3-4H2,1-2H3. The lowest BCUT2D eigenvalue weighted by Gasteiger charge is -2.14. The summed E-state index contributed by atoms with van der Waals surface area (Å²) in [6.45, 7) is 4.67. The van der Waals surface area contributed by atoms with Crippen LogP contribution >= 0.6 is 11.8 Å². The molecule has 1 fully saturated rings. The molecule has 1 aliphatic heterocycles. The fourth-order valence-electron chi connectivity index (χ4n) is 1.04. The van der Waals surface area contributed by atoms with Gasteiger partial charge < -0.3 is 5.11 Å². The zero-order valence-corrected chi connectivity index (χ0v) is 7.32. The third-order valence-electron chi connectivity index (χ3n) is 1.70. The first-order valence-corrected chi connectivity index (χ1v) is 4.77. The quantitative estimate of drug-likeness (QED) is 0.624. The zero-order valence-electron chi connectivity index (χ0n) is 6.50. The number of hydrogen-bond acceptors (Lipinski definition) is 3. The highest BCUT2D eigenvalue weighted by Crippen LogP contribution is 2.24. The van der Waals surface area contributed by atoms with Gasteiger partial charge in [0.1, 0.15) is 0 Å². The van der Waals surface area contributed by atoms with Crippen LogP contribution in [0.3, 0.4) is 0 Å². The van der Waals surface area contributed by atoms with Crippen LogP contribution < -0.4 is 5.32 Å². The second-order valence-corrected chi connectivity index (χ2v) is 4.22. The summed E-state index contributed by atoms with van der Waals surface area (Å²) < 4.78 is 0. The molecule has 0 aromatic rings. The highest BCUT2D eigenvalue weighted by Gasteiger charge is 2.25. The minimum Gasteiger partial charge on any atom is -0.395 e. The van der Waals surface area contributed by atoms with E-state index in [0.717, 1.165) is 5.75 Å². The highest BCUT2D eigenvalue weighted by molar-refractivity contribution is 8.00. The van der Waals surface area contributed by atoms with Gasteiger partial charge in [0.05, 0.1) is 12.0 Å². The van der Waals surface area contributed by atoms with Crippen LogP contribution in [0.15, 0.2) is 0 Å². The minimum atomic E-state index is 0.274. The van der Waals surface area contributed by atoms with Crippen LogP contribution in [0.4, 0.5) is 0 Å². The smallest absolute Gasteiger partial charge is 0.0593 e. The first-order valence-electron chi connectivity index (χ1n) is 3.72. The fourth-order valence-corrected chi connectivity index (χ4v) is 2.35. The monoisotopic (exact) mass is 161 g/mol. The largest absolute Gasteiger partial charge is 0.395 e. The number of thioether (sulfide) groups is 1. The summed E-state index contributed by atoms with van der Waals surface area (Å²) in [5.74, 6) is 1.72. The Bertz CT molecular complexity index is 108. The van der Waals surface area contributed by atoms with Crippen molar-refractivity contribution in [2.24, 2.45) is 5.92 Å². The van der Waals surface area contributed by atoms with Gasteiger partial charge in [-0.2, -0.15) is 0 Å². The molecule has 2 N–H and O–H groups in total. The molecule has 0 spiro atoms. The Morgan fingerprint density at radius 3 is 2.70 bits per heavy atom. The average Bonchev–Trinajstić information content (AvgIpc) is 2.34. The Morgan fingerprint density at radius 1 is 1.70 bits per heavy atom. The third kappa shape index (κ3) is 1.87. The molecule has 1 rings (SSSR count). The van der Waals surface area contributed by atoms with E-state index in [1.165, 1.54) is 0 Å². The fraction of sp³-hybridized carbons (Fsp3) is 1.00. The van der Waals surface area contributed by atoms with Crippen LogP contribution in [-0.2, 0) is 0 Å². The average molecular weight is 161 g/mol. The molecular weight excluding hydrogens is 146 g/mol. The molecule has 1 aliphatic rings. The topological polar surface area (TPSA) is 32.3 Å². The Labute approximate surface area is 66.4 Å². The number of rotatable bonds is 2. The Hall–Kier alpha value is 0.270. The van der Waals surface area contributed by atoms with Crippen molar-refractivity contribution in [3.63, 3.8) is 0 Å². The normalized spacial score (nSPS) is 33.6. The van der Waals surface area contributed by atoms with Crippen molar-refractivity contribution in [1.29, 1.82) is 0 Å². The van der Waals surface area contributed by atoms with E-state index < -0.39 is 0 Å². The number of aliphatic hydroxyl groups is 1. The Kier molecular flexibility index (Phi) is 3.01. The minimum absolute atomic E-state index is 0.274. The maximum absolute atomic E-state index is 8.79. The van der Waals surface area contributed by atoms with Crippen molar-refractivity contribution in [2.75, 3.05) is 12.4 Å². The third-order valence-corrected chi connectivity index (χ3v) is 3.34. The Balaban J connectivity index is 2.28. The summed E-state index contributed by atoms with van der Waals surface area (Å²) in [7, 11) is 0. The lowest BCUT2D eigenvalue weighted by Crippen LogP contribution is -2.35. The van der Waals surface area contributed by atoms with E-state index in [1.807, 2.05) is 11.8 Å². The van der Waals surface area contributed by atoms with Gasteiger partial charge in [-0.1, -0.05) is 13.8 Å². The molecule has 2 atom stereocenters. The van der Waals surface area contributed by atoms with E-state index in [-0.39, 0.29) is 6.61 Å². The predicted octanol–water partition coefficient (Wildman–Crippen LogP) is 0.666. The molecule has 0 aromatic carbocycles. The lowest BCUT2D eigenvalue weighted by molar-refractivity contribution is 0.253. The highest BCUT2D eigenvalue weighted by atomic mass is 32.2. The summed E-state index contributed by atoms with van der Waals surface area (Å²) in [6, 6.07) is 0.331. The molecule has 1 saturated heterocycles. The van der Waals surface area contributed by atoms with Gasteiger partial charge in [-0.25, -0.2) is 0 Å². The van der Waals surface area contributed by atoms with Crippen molar-refractivity contribution in [1.82, 2.24) is 5.32 Å².